The normalized spacial score (nSPS) is 17.2. The molecule has 1 aromatic rings. The summed E-state index contributed by atoms with van der Waals surface area (Å²) in [4.78, 5) is 15.7. The summed E-state index contributed by atoms with van der Waals surface area (Å²) >= 11 is 0. The zero-order valence-electron chi connectivity index (χ0n) is 10.9. The molecule has 1 saturated carbocycles. The second-order valence-electron chi connectivity index (χ2n) is 4.69. The summed E-state index contributed by atoms with van der Waals surface area (Å²) < 4.78 is 28.9. The van der Waals surface area contributed by atoms with Crippen molar-refractivity contribution in [2.45, 2.75) is 50.2 Å². The van der Waals surface area contributed by atoms with E-state index in [4.69, 9.17) is 4.52 Å². The Labute approximate surface area is 111 Å². The first kappa shape index (κ1) is 14.0. The van der Waals surface area contributed by atoms with Gasteiger partial charge in [0.25, 0.3) is 0 Å². The molecule has 1 unspecified atom stereocenters. The maximum atomic E-state index is 12.1. The Hall–Kier alpha value is -1.44. The molecular weight excluding hydrogens is 270 g/mol. The lowest BCUT2D eigenvalue weighted by Crippen LogP contribution is -2.39. The van der Waals surface area contributed by atoms with Crippen LogP contribution in [0, 0.1) is 0 Å². The van der Waals surface area contributed by atoms with E-state index in [0.717, 1.165) is 12.8 Å². The van der Waals surface area contributed by atoms with Crippen LogP contribution in [-0.2, 0) is 26.8 Å². The van der Waals surface area contributed by atoms with Gasteiger partial charge in [0.2, 0.25) is 11.8 Å². The average Bonchev–Trinajstić information content (AvgIpc) is 3.05. The van der Waals surface area contributed by atoms with Crippen LogP contribution >= 0.6 is 0 Å². The molecule has 0 aliphatic heterocycles. The van der Waals surface area contributed by atoms with E-state index in [1.165, 1.54) is 6.92 Å². The molecule has 1 fully saturated rings. The first-order valence-electron chi connectivity index (χ1n) is 6.25. The average molecular weight is 287 g/mol. The number of hydrogen-bond donors (Lipinski definition) is 1. The number of carbonyl (C=O) groups excluding carboxylic acids is 1. The van der Waals surface area contributed by atoms with Crippen molar-refractivity contribution in [2.24, 2.45) is 0 Å². The van der Waals surface area contributed by atoms with E-state index in [9.17, 15) is 13.2 Å². The molecule has 8 heteroatoms. The van der Waals surface area contributed by atoms with Crippen LogP contribution in [0.25, 0.3) is 0 Å². The molecule has 0 bridgehead atoms. The van der Waals surface area contributed by atoms with Crippen molar-refractivity contribution in [1.82, 2.24) is 15.5 Å². The van der Waals surface area contributed by atoms with Crippen LogP contribution in [0.5, 0.6) is 0 Å². The predicted octanol–water partition coefficient (Wildman–Crippen LogP) is 0.214. The third-order valence-corrected chi connectivity index (χ3v) is 4.92. The Kier molecular flexibility index (Phi) is 3.88. The first-order valence-corrected chi connectivity index (χ1v) is 7.97. The van der Waals surface area contributed by atoms with Crippen molar-refractivity contribution < 1.29 is 17.7 Å². The number of amides is 1. The van der Waals surface area contributed by atoms with Gasteiger partial charge in [-0.1, -0.05) is 12.1 Å². The number of nitrogens with zero attached hydrogens (tertiary/aromatic N) is 2. The van der Waals surface area contributed by atoms with Crippen molar-refractivity contribution in [3.8, 4) is 0 Å². The third-order valence-electron chi connectivity index (χ3n) is 2.98. The summed E-state index contributed by atoms with van der Waals surface area (Å²) in [5.41, 5.74) is 0. The van der Waals surface area contributed by atoms with Gasteiger partial charge >= 0.3 is 0 Å². The van der Waals surface area contributed by atoms with E-state index < -0.39 is 26.7 Å². The van der Waals surface area contributed by atoms with E-state index in [1.807, 2.05) is 6.92 Å². The van der Waals surface area contributed by atoms with Crippen LogP contribution in [0.2, 0.25) is 0 Å². The molecule has 1 N–H and O–H groups in total. The molecule has 0 saturated heterocycles. The van der Waals surface area contributed by atoms with Crippen LogP contribution in [-0.4, -0.2) is 35.8 Å². The summed E-state index contributed by atoms with van der Waals surface area (Å²) in [6.45, 7) is 3.22. The van der Waals surface area contributed by atoms with Crippen molar-refractivity contribution in [1.29, 1.82) is 0 Å². The van der Waals surface area contributed by atoms with Crippen molar-refractivity contribution >= 4 is 15.7 Å². The Bertz CT molecular complexity index is 562. The van der Waals surface area contributed by atoms with Crippen LogP contribution in [0.3, 0.4) is 0 Å². The van der Waals surface area contributed by atoms with Crippen LogP contribution in [0.4, 0.5) is 0 Å². The summed E-state index contributed by atoms with van der Waals surface area (Å²) in [5.74, 6) is -0.375. The molecule has 106 valence electrons. The number of sulfone groups is 1. The van der Waals surface area contributed by atoms with E-state index in [1.54, 1.807) is 0 Å². The molecule has 1 aliphatic rings. The van der Waals surface area contributed by atoms with Crippen LogP contribution in [0.15, 0.2) is 4.52 Å². The molecule has 1 aromatic heterocycles. The number of aromatic nitrogens is 2. The van der Waals surface area contributed by atoms with Crippen molar-refractivity contribution in [3.63, 3.8) is 0 Å². The first-order chi connectivity index (χ1) is 8.92. The van der Waals surface area contributed by atoms with Gasteiger partial charge < -0.3 is 9.84 Å². The number of nitrogens with one attached hydrogen (secondary N) is 1. The fourth-order valence-corrected chi connectivity index (χ4v) is 2.60. The maximum Gasteiger partial charge on any atom is 0.241 e. The van der Waals surface area contributed by atoms with Gasteiger partial charge in [-0.05, 0) is 19.8 Å². The Morgan fingerprint density at radius 3 is 2.74 bits per heavy atom. The fraction of sp³-hybridized carbons (Fsp3) is 0.727. The van der Waals surface area contributed by atoms with E-state index in [2.05, 4.69) is 15.5 Å². The standard InChI is InChI=1S/C11H17N3O4S/c1-3-9-13-10(18-14-9)6-19(16,17)7(2)11(15)12-8-4-5-8/h7-8H,3-6H2,1-2H3,(H,12,15). The van der Waals surface area contributed by atoms with Crippen LogP contribution in [0.1, 0.15) is 38.4 Å². The molecule has 1 atom stereocenters. The van der Waals surface area contributed by atoms with E-state index in [0.29, 0.717) is 12.2 Å². The van der Waals surface area contributed by atoms with Gasteiger partial charge in [-0.2, -0.15) is 4.98 Å². The fourth-order valence-electron chi connectivity index (χ4n) is 1.50. The van der Waals surface area contributed by atoms with E-state index >= 15 is 0 Å². The Balaban J connectivity index is 2.01. The van der Waals surface area contributed by atoms with Crippen molar-refractivity contribution in [2.75, 3.05) is 0 Å². The highest BCUT2D eigenvalue weighted by Crippen LogP contribution is 2.19. The lowest BCUT2D eigenvalue weighted by atomic mass is 10.4. The number of aryl methyl sites for hydroxylation is 1. The molecule has 1 heterocycles. The summed E-state index contributed by atoms with van der Waals surface area (Å²) in [6.07, 6.45) is 2.41. The highest BCUT2D eigenvalue weighted by molar-refractivity contribution is 7.92. The Morgan fingerprint density at radius 2 is 2.21 bits per heavy atom. The second-order valence-corrected chi connectivity index (χ2v) is 7.01. The lowest BCUT2D eigenvalue weighted by molar-refractivity contribution is -0.120. The third kappa shape index (κ3) is 3.52. The molecule has 19 heavy (non-hydrogen) atoms. The second kappa shape index (κ2) is 5.28. The Morgan fingerprint density at radius 1 is 1.53 bits per heavy atom. The summed E-state index contributed by atoms with van der Waals surface area (Å²) in [5, 5.41) is 5.20. The summed E-state index contributed by atoms with van der Waals surface area (Å²) in [6, 6.07) is 0.139. The van der Waals surface area contributed by atoms with Gasteiger partial charge in [0.05, 0.1) is 0 Å². The minimum Gasteiger partial charge on any atom is -0.352 e. The molecular formula is C11H17N3O4S. The smallest absolute Gasteiger partial charge is 0.241 e. The molecule has 7 nitrogen and oxygen atoms in total. The van der Waals surface area contributed by atoms with Gasteiger partial charge in [0.15, 0.2) is 15.7 Å². The predicted molar refractivity (Wildman–Crippen MR) is 66.9 cm³/mol. The van der Waals surface area contributed by atoms with Gasteiger partial charge in [0, 0.05) is 12.5 Å². The van der Waals surface area contributed by atoms with Gasteiger partial charge in [-0.15, -0.1) is 0 Å². The highest BCUT2D eigenvalue weighted by atomic mass is 32.2. The van der Waals surface area contributed by atoms with Gasteiger partial charge in [-0.25, -0.2) is 8.42 Å². The van der Waals surface area contributed by atoms with E-state index in [-0.39, 0.29) is 11.9 Å². The molecule has 0 radical (unpaired) electrons. The maximum absolute atomic E-state index is 12.1. The zero-order chi connectivity index (χ0) is 14.0. The molecule has 1 aliphatic carbocycles. The quantitative estimate of drug-likeness (QED) is 0.802. The topological polar surface area (TPSA) is 102 Å². The van der Waals surface area contributed by atoms with Gasteiger partial charge in [-0.3, -0.25) is 4.79 Å². The van der Waals surface area contributed by atoms with Gasteiger partial charge in [0.1, 0.15) is 11.0 Å². The SMILES string of the molecule is CCc1noc(CS(=O)(=O)C(C)C(=O)NC2CC2)n1. The number of hydrogen-bond acceptors (Lipinski definition) is 6. The summed E-state index contributed by atoms with van der Waals surface area (Å²) in [7, 11) is -3.63. The molecule has 2 rings (SSSR count). The highest BCUT2D eigenvalue weighted by Gasteiger charge is 2.33. The molecule has 1 amide bonds. The van der Waals surface area contributed by atoms with Crippen LogP contribution < -0.4 is 5.32 Å². The molecule has 0 aromatic carbocycles. The largest absolute Gasteiger partial charge is 0.352 e. The zero-order valence-corrected chi connectivity index (χ0v) is 11.7. The minimum absolute atomic E-state index is 0.0305. The number of carbonyl (C=O) groups is 1. The lowest BCUT2D eigenvalue weighted by Gasteiger charge is -2.11. The van der Waals surface area contributed by atoms with Crippen molar-refractivity contribution in [3.05, 3.63) is 11.7 Å². The monoisotopic (exact) mass is 287 g/mol. The number of rotatable bonds is 6. The minimum atomic E-state index is -3.63. The molecule has 0 spiro atoms.